The maximum absolute atomic E-state index is 13.5. The summed E-state index contributed by atoms with van der Waals surface area (Å²) in [4.78, 5) is 24.6. The van der Waals surface area contributed by atoms with Gasteiger partial charge in [0.05, 0.1) is 32.3 Å². The van der Waals surface area contributed by atoms with Gasteiger partial charge >= 0.3 is 0 Å². The minimum Gasteiger partial charge on any atom is -0.398 e. The molecule has 3 aromatic rings. The molecule has 1 aliphatic rings. The summed E-state index contributed by atoms with van der Waals surface area (Å²) in [7, 11) is -14.6. The van der Waals surface area contributed by atoms with Gasteiger partial charge in [-0.05, 0) is 48.9 Å². The maximum Gasteiger partial charge on any atom is 0.296 e. The molecule has 17 heteroatoms. The largest absolute Gasteiger partial charge is 0.398 e. The Morgan fingerprint density at radius 1 is 0.684 bits per heavy atom. The van der Waals surface area contributed by atoms with Crippen molar-refractivity contribution in [1.82, 2.24) is 0 Å². The van der Waals surface area contributed by atoms with Crippen LogP contribution in [0.15, 0.2) is 51.1 Å². The molecule has 0 unspecified atom stereocenters. The lowest BCUT2D eigenvalue weighted by atomic mass is 9.82. The first-order valence-electron chi connectivity index (χ1n) is 10.1. The molecule has 0 spiro atoms. The Balaban J connectivity index is 2.06. The molecule has 200 valence electrons. The minimum absolute atomic E-state index is 0.132. The number of anilines is 4. The first kappa shape index (κ1) is 27.2. The zero-order valence-corrected chi connectivity index (χ0v) is 21.4. The van der Waals surface area contributed by atoms with E-state index in [1.807, 2.05) is 0 Å². The average molecular weight is 584 g/mol. The van der Waals surface area contributed by atoms with E-state index in [4.69, 9.17) is 11.5 Å². The highest BCUT2D eigenvalue weighted by Crippen LogP contribution is 2.41. The van der Waals surface area contributed by atoms with Gasteiger partial charge < -0.3 is 16.8 Å². The molecular formula is C21H17N3O11S3. The van der Waals surface area contributed by atoms with Crippen LogP contribution in [0.2, 0.25) is 0 Å². The third kappa shape index (κ3) is 4.51. The van der Waals surface area contributed by atoms with E-state index in [0.29, 0.717) is 6.07 Å². The Hall–Kier alpha value is -3.87. The molecule has 0 saturated carbocycles. The normalized spacial score (nSPS) is 13.7. The van der Waals surface area contributed by atoms with Gasteiger partial charge in [0.1, 0.15) is 4.90 Å². The minimum atomic E-state index is -5.08. The van der Waals surface area contributed by atoms with E-state index in [0.717, 1.165) is 30.3 Å². The second-order valence-corrected chi connectivity index (χ2v) is 12.4. The summed E-state index contributed by atoms with van der Waals surface area (Å²) in [5, 5.41) is 2.59. The fraction of sp³-hybridized carbons (Fsp3) is 0.0476. The number of hydrogen-bond donors (Lipinski definition) is 6. The van der Waals surface area contributed by atoms with Crippen LogP contribution >= 0.6 is 0 Å². The topological polar surface area (TPSA) is 261 Å². The SMILES string of the molecule is Cc1c(N)cc(S(=O)(=O)O)cc1Nc1cc(S(=O)(=O)O)c(N)c2c1C(=O)c1cc(S(=O)(=O)O)ccc1C2=O. The predicted molar refractivity (Wildman–Crippen MR) is 132 cm³/mol. The van der Waals surface area contributed by atoms with E-state index < -0.39 is 84.7 Å². The van der Waals surface area contributed by atoms with Crippen LogP contribution in [0.3, 0.4) is 0 Å². The highest BCUT2D eigenvalue weighted by Gasteiger charge is 2.37. The first-order chi connectivity index (χ1) is 17.3. The number of rotatable bonds is 5. The van der Waals surface area contributed by atoms with Crippen molar-refractivity contribution < 1.29 is 48.5 Å². The smallest absolute Gasteiger partial charge is 0.296 e. The van der Waals surface area contributed by atoms with Crippen LogP contribution in [-0.4, -0.2) is 50.5 Å². The molecular weight excluding hydrogens is 566 g/mol. The van der Waals surface area contributed by atoms with Gasteiger partial charge in [0.15, 0.2) is 11.6 Å². The van der Waals surface area contributed by atoms with Gasteiger partial charge in [-0.15, -0.1) is 0 Å². The van der Waals surface area contributed by atoms with Crippen molar-refractivity contribution in [2.75, 3.05) is 16.8 Å². The molecule has 8 N–H and O–H groups in total. The van der Waals surface area contributed by atoms with Crippen molar-refractivity contribution in [2.24, 2.45) is 0 Å². The van der Waals surface area contributed by atoms with Gasteiger partial charge in [0, 0.05) is 22.5 Å². The summed E-state index contributed by atoms with van der Waals surface area (Å²) in [5.41, 5.74) is 8.35. The highest BCUT2D eigenvalue weighted by atomic mass is 32.2. The second-order valence-electron chi connectivity index (χ2n) is 8.19. The quantitative estimate of drug-likeness (QED) is 0.143. The fourth-order valence-corrected chi connectivity index (χ4v) is 5.63. The molecule has 1 aliphatic carbocycles. The zero-order chi connectivity index (χ0) is 28.5. The van der Waals surface area contributed by atoms with E-state index >= 15 is 0 Å². The summed E-state index contributed by atoms with van der Waals surface area (Å²) < 4.78 is 99.2. The van der Waals surface area contributed by atoms with Crippen molar-refractivity contribution in [3.8, 4) is 0 Å². The van der Waals surface area contributed by atoms with Gasteiger partial charge in [-0.3, -0.25) is 23.2 Å². The summed E-state index contributed by atoms with van der Waals surface area (Å²) in [6, 6.07) is 5.08. The summed E-state index contributed by atoms with van der Waals surface area (Å²) in [6.07, 6.45) is 0. The maximum atomic E-state index is 13.5. The Kier molecular flexibility index (Phi) is 6.14. The average Bonchev–Trinajstić information content (AvgIpc) is 2.78. The number of nitrogens with two attached hydrogens (primary N) is 2. The van der Waals surface area contributed by atoms with Crippen LogP contribution in [0.25, 0.3) is 0 Å². The van der Waals surface area contributed by atoms with E-state index in [-0.39, 0.29) is 22.5 Å². The molecule has 0 bridgehead atoms. The Morgan fingerprint density at radius 2 is 1.26 bits per heavy atom. The Morgan fingerprint density at radius 3 is 1.82 bits per heavy atom. The summed E-state index contributed by atoms with van der Waals surface area (Å²) in [6.45, 7) is 1.42. The van der Waals surface area contributed by atoms with Gasteiger partial charge in [0.2, 0.25) is 0 Å². The predicted octanol–water partition coefficient (Wildman–Crippen LogP) is 1.42. The van der Waals surface area contributed by atoms with Crippen molar-refractivity contribution in [3.05, 3.63) is 64.2 Å². The monoisotopic (exact) mass is 583 g/mol. The number of carbonyl (C=O) groups is 2. The van der Waals surface area contributed by atoms with E-state index in [1.54, 1.807) is 0 Å². The number of carbonyl (C=O) groups excluding carboxylic acids is 2. The lowest BCUT2D eigenvalue weighted by molar-refractivity contribution is 0.0980. The summed E-state index contributed by atoms with van der Waals surface area (Å²) >= 11 is 0. The molecule has 0 radical (unpaired) electrons. The van der Waals surface area contributed by atoms with Crippen molar-refractivity contribution in [1.29, 1.82) is 0 Å². The first-order valence-corrected chi connectivity index (χ1v) is 14.4. The molecule has 38 heavy (non-hydrogen) atoms. The molecule has 0 saturated heterocycles. The molecule has 4 rings (SSSR count). The molecule has 3 aromatic carbocycles. The standard InChI is InChI=1S/C21H17N3O11S3/c1-8-13(22)5-10(37(30,31)32)6-14(8)24-15-7-16(38(33,34)35)19(23)18-17(15)21(26)12-4-9(36(27,28)29)2-3-11(12)20(18)25/h2-7,24H,22-23H2,1H3,(H,27,28,29)(H,30,31,32)(H,33,34,35). The molecule has 0 heterocycles. The molecule has 0 aliphatic heterocycles. The van der Waals surface area contributed by atoms with Crippen molar-refractivity contribution >= 4 is 64.7 Å². The van der Waals surface area contributed by atoms with Crippen LogP contribution in [0.1, 0.15) is 37.4 Å². The molecule has 14 nitrogen and oxygen atoms in total. The van der Waals surface area contributed by atoms with E-state index in [2.05, 4.69) is 5.32 Å². The van der Waals surface area contributed by atoms with Crippen LogP contribution in [0.5, 0.6) is 0 Å². The molecule has 0 amide bonds. The number of nitrogens with one attached hydrogen (secondary N) is 1. The Bertz CT molecular complexity index is 1930. The van der Waals surface area contributed by atoms with Gasteiger partial charge in [-0.2, -0.15) is 25.3 Å². The number of nitrogen functional groups attached to an aromatic ring is 2. The fourth-order valence-electron chi connectivity index (χ4n) is 3.93. The zero-order valence-electron chi connectivity index (χ0n) is 19.0. The third-order valence-corrected chi connectivity index (χ3v) is 8.40. The van der Waals surface area contributed by atoms with Gasteiger partial charge in [-0.25, -0.2) is 0 Å². The molecule has 0 fully saturated rings. The lowest BCUT2D eigenvalue weighted by Gasteiger charge is -2.24. The molecule has 0 atom stereocenters. The highest BCUT2D eigenvalue weighted by molar-refractivity contribution is 7.86. The van der Waals surface area contributed by atoms with Crippen LogP contribution < -0.4 is 16.8 Å². The Labute approximate surface area is 215 Å². The van der Waals surface area contributed by atoms with Crippen molar-refractivity contribution in [2.45, 2.75) is 21.6 Å². The van der Waals surface area contributed by atoms with Crippen LogP contribution in [0, 0.1) is 6.92 Å². The van der Waals surface area contributed by atoms with Crippen LogP contribution in [0.4, 0.5) is 22.7 Å². The van der Waals surface area contributed by atoms with Gasteiger partial charge in [0.25, 0.3) is 30.4 Å². The summed E-state index contributed by atoms with van der Waals surface area (Å²) in [5.74, 6) is -2.03. The van der Waals surface area contributed by atoms with E-state index in [1.165, 1.54) is 6.92 Å². The van der Waals surface area contributed by atoms with Crippen LogP contribution in [-0.2, 0) is 30.4 Å². The second kappa shape index (κ2) is 8.58. The third-order valence-electron chi connectivity index (χ3n) is 5.83. The van der Waals surface area contributed by atoms with E-state index in [9.17, 15) is 48.5 Å². The number of ketones is 2. The van der Waals surface area contributed by atoms with Crippen molar-refractivity contribution in [3.63, 3.8) is 0 Å². The number of benzene rings is 3. The lowest BCUT2D eigenvalue weighted by Crippen LogP contribution is -2.25. The number of fused-ring (bicyclic) bond motifs is 2. The number of hydrogen-bond acceptors (Lipinski definition) is 11. The van der Waals surface area contributed by atoms with Gasteiger partial charge in [-0.1, -0.05) is 0 Å². The molecule has 0 aromatic heterocycles.